The maximum absolute atomic E-state index is 14.6. The van der Waals surface area contributed by atoms with Crippen molar-refractivity contribution in [3.05, 3.63) is 71.2 Å². The highest BCUT2D eigenvalue weighted by molar-refractivity contribution is 6.28. The number of nitrogens with zero attached hydrogens (tertiary/aromatic N) is 2. The van der Waals surface area contributed by atoms with Crippen LogP contribution in [0.2, 0.25) is 0 Å². The summed E-state index contributed by atoms with van der Waals surface area (Å²) in [4.78, 5) is 45.6. The number of pyridine rings is 1. The summed E-state index contributed by atoms with van der Waals surface area (Å²) in [5.41, 5.74) is 1.44. The van der Waals surface area contributed by atoms with Crippen LogP contribution in [0.15, 0.2) is 54.5 Å². The summed E-state index contributed by atoms with van der Waals surface area (Å²) in [6.07, 6.45) is 4.98. The zero-order chi connectivity index (χ0) is 42.5. The Morgan fingerprint density at radius 2 is 1.72 bits per heavy atom. The number of amides is 1. The van der Waals surface area contributed by atoms with Crippen molar-refractivity contribution in [2.45, 2.75) is 85.6 Å². The number of carbonyl (C=O) groups is 3. The van der Waals surface area contributed by atoms with Crippen LogP contribution in [-0.4, -0.2) is 96.5 Å². The molecule has 0 saturated carbocycles. The number of carbonyl (C=O) groups excluding carboxylic acids is 3. The quantitative estimate of drug-likeness (QED) is 0.117. The average Bonchev–Trinajstić information content (AvgIpc) is 3.69. The SMILES string of the molecule is COC1C=COC2(C)Oc3c(C)c(O)c4c(O)c(c5c(nc6cc(C)ccn65)c4c3C2=O)NC(=O)C(CO)=CC=CC(C)C(O)C(C)C(O)C(C)C(OC(C)=O)C1C. The third-order valence-electron chi connectivity index (χ3n) is 11.6. The zero-order valence-electron chi connectivity index (χ0n) is 33.9. The molecule has 9 unspecified atom stereocenters. The molecule has 310 valence electrons. The minimum Gasteiger partial charge on any atom is -0.507 e. The van der Waals surface area contributed by atoms with E-state index in [0.29, 0.717) is 5.65 Å². The normalized spacial score (nSPS) is 28.5. The van der Waals surface area contributed by atoms with E-state index in [9.17, 15) is 39.9 Å². The first-order chi connectivity index (χ1) is 27.4. The molecular weight excluding hydrogens is 750 g/mol. The number of hydrogen-bond acceptors (Lipinski definition) is 13. The second kappa shape index (κ2) is 16.0. The maximum atomic E-state index is 14.6. The lowest BCUT2D eigenvalue weighted by Gasteiger charge is -2.38. The molecule has 0 saturated heterocycles. The number of nitrogens with one attached hydrogen (secondary N) is 1. The molecule has 15 nitrogen and oxygen atoms in total. The van der Waals surface area contributed by atoms with Gasteiger partial charge in [0.25, 0.3) is 11.7 Å². The number of aromatic nitrogens is 2. The van der Waals surface area contributed by atoms with Crippen LogP contribution in [0.1, 0.15) is 63.0 Å². The lowest BCUT2D eigenvalue weighted by atomic mass is 9.78. The van der Waals surface area contributed by atoms with E-state index in [1.807, 2.05) is 6.92 Å². The molecule has 9 atom stereocenters. The number of ether oxygens (including phenoxy) is 4. The highest BCUT2D eigenvalue weighted by atomic mass is 16.7. The number of ketones is 1. The molecule has 2 aliphatic heterocycles. The summed E-state index contributed by atoms with van der Waals surface area (Å²) in [6, 6.07) is 3.57. The Bertz CT molecular complexity index is 2400. The van der Waals surface area contributed by atoms with Crippen LogP contribution in [0.5, 0.6) is 17.2 Å². The first kappa shape index (κ1) is 42.1. The number of imidazole rings is 1. The molecular formula is C43H51N3O12. The molecule has 0 fully saturated rings. The number of aryl methyl sites for hydroxylation is 1. The fourth-order valence-electron chi connectivity index (χ4n) is 8.11. The van der Waals surface area contributed by atoms with Gasteiger partial charge in [0, 0.05) is 67.3 Å². The largest absolute Gasteiger partial charge is 0.507 e. The van der Waals surface area contributed by atoms with Gasteiger partial charge < -0.3 is 49.8 Å². The van der Waals surface area contributed by atoms with Gasteiger partial charge in [0.15, 0.2) is 5.75 Å². The molecule has 2 aliphatic rings. The number of hydrogen-bond donors (Lipinski definition) is 6. The van der Waals surface area contributed by atoms with Crippen LogP contribution in [0.4, 0.5) is 5.69 Å². The maximum Gasteiger partial charge on any atom is 0.312 e. The number of fused-ring (bicyclic) bond motifs is 2. The first-order valence-corrected chi connectivity index (χ1v) is 19.1. The number of Topliss-reactive ketones (excluding diaryl/α,β-unsaturated/α-hetero) is 1. The van der Waals surface area contributed by atoms with Crippen LogP contribution in [0, 0.1) is 37.5 Å². The summed E-state index contributed by atoms with van der Waals surface area (Å²) in [7, 11) is 1.45. The molecule has 2 aromatic carbocycles. The number of anilines is 1. The Morgan fingerprint density at radius 3 is 2.38 bits per heavy atom. The van der Waals surface area contributed by atoms with Gasteiger partial charge in [-0.2, -0.15) is 0 Å². The molecule has 2 aromatic heterocycles. The van der Waals surface area contributed by atoms with Gasteiger partial charge in [0.2, 0.25) is 0 Å². The molecule has 15 heteroatoms. The Kier molecular flexibility index (Phi) is 11.7. The molecule has 4 heterocycles. The third kappa shape index (κ3) is 7.16. The van der Waals surface area contributed by atoms with Gasteiger partial charge in [-0.25, -0.2) is 4.98 Å². The smallest absolute Gasteiger partial charge is 0.312 e. The number of phenolic OH excluding ortho intramolecular Hbond substituents is 2. The second-order valence-electron chi connectivity index (χ2n) is 15.6. The molecule has 0 radical (unpaired) electrons. The summed E-state index contributed by atoms with van der Waals surface area (Å²) >= 11 is 0. The molecule has 6 rings (SSSR count). The van der Waals surface area contributed by atoms with Crippen LogP contribution >= 0.6 is 0 Å². The van der Waals surface area contributed by atoms with Gasteiger partial charge in [0.1, 0.15) is 40.0 Å². The van der Waals surface area contributed by atoms with E-state index in [2.05, 4.69) is 5.32 Å². The number of allylic oxidation sites excluding steroid dienone is 2. The van der Waals surface area contributed by atoms with Crippen LogP contribution in [-0.2, 0) is 23.8 Å². The first-order valence-electron chi connectivity index (χ1n) is 19.1. The Morgan fingerprint density at radius 1 is 1.02 bits per heavy atom. The fourth-order valence-corrected chi connectivity index (χ4v) is 8.11. The lowest BCUT2D eigenvalue weighted by Crippen LogP contribution is -2.46. The van der Waals surface area contributed by atoms with E-state index < -0.39 is 89.6 Å². The molecule has 6 N–H and O–H groups in total. The van der Waals surface area contributed by atoms with Crippen LogP contribution in [0.3, 0.4) is 0 Å². The van der Waals surface area contributed by atoms with E-state index in [4.69, 9.17) is 23.9 Å². The van der Waals surface area contributed by atoms with E-state index in [1.165, 1.54) is 52.4 Å². The van der Waals surface area contributed by atoms with Crippen molar-refractivity contribution in [3.8, 4) is 17.2 Å². The lowest BCUT2D eigenvalue weighted by molar-refractivity contribution is -0.160. The minimum atomic E-state index is -1.99. The Labute approximate surface area is 335 Å². The number of phenols is 2. The zero-order valence-corrected chi connectivity index (χ0v) is 33.9. The monoisotopic (exact) mass is 801 g/mol. The van der Waals surface area contributed by atoms with E-state index in [1.54, 1.807) is 56.5 Å². The number of aliphatic hydroxyl groups excluding tert-OH is 3. The number of benzene rings is 2. The van der Waals surface area contributed by atoms with E-state index in [-0.39, 0.29) is 49.9 Å². The predicted molar refractivity (Wildman–Crippen MR) is 215 cm³/mol. The molecule has 4 bridgehead atoms. The highest BCUT2D eigenvalue weighted by Gasteiger charge is 2.50. The van der Waals surface area contributed by atoms with Gasteiger partial charge in [-0.1, -0.05) is 45.9 Å². The summed E-state index contributed by atoms with van der Waals surface area (Å²) in [5, 5.41) is 59.5. The van der Waals surface area contributed by atoms with E-state index in [0.717, 1.165) is 5.56 Å². The molecule has 1 amide bonds. The Hall–Kier alpha value is -5.48. The van der Waals surface area contributed by atoms with Crippen molar-refractivity contribution in [2.75, 3.05) is 19.0 Å². The molecule has 0 aliphatic carbocycles. The predicted octanol–water partition coefficient (Wildman–Crippen LogP) is 5.13. The molecule has 0 spiro atoms. The van der Waals surface area contributed by atoms with Crippen molar-refractivity contribution < 1.29 is 58.9 Å². The van der Waals surface area contributed by atoms with Gasteiger partial charge in [0.05, 0.1) is 42.1 Å². The summed E-state index contributed by atoms with van der Waals surface area (Å²) < 4.78 is 25.4. The van der Waals surface area contributed by atoms with E-state index >= 15 is 0 Å². The number of methoxy groups -OCH3 is 1. The molecule has 58 heavy (non-hydrogen) atoms. The van der Waals surface area contributed by atoms with Crippen molar-refractivity contribution >= 4 is 50.8 Å². The van der Waals surface area contributed by atoms with Crippen molar-refractivity contribution in [3.63, 3.8) is 0 Å². The van der Waals surface area contributed by atoms with Gasteiger partial charge >= 0.3 is 11.8 Å². The average molecular weight is 802 g/mol. The van der Waals surface area contributed by atoms with Gasteiger partial charge in [-0.05, 0) is 37.6 Å². The number of esters is 1. The van der Waals surface area contributed by atoms with Crippen LogP contribution in [0.25, 0.3) is 27.5 Å². The summed E-state index contributed by atoms with van der Waals surface area (Å²) in [6.45, 7) is 12.2. The van der Waals surface area contributed by atoms with Gasteiger partial charge in [-0.3, -0.25) is 18.8 Å². The van der Waals surface area contributed by atoms with Crippen molar-refractivity contribution in [2.24, 2.45) is 23.7 Å². The van der Waals surface area contributed by atoms with Gasteiger partial charge in [-0.15, -0.1) is 0 Å². The third-order valence-corrected chi connectivity index (χ3v) is 11.6. The standard InChI is InChI=1S/C43H51N3O12/c1-19-13-15-46-28(17-19)44-32-29-30-37(51)24(6)40-31(29)41(53)43(8,58-40)56-16-14-27(55-9)21(3)39(57-25(7)48)23(5)36(50)22(4)35(49)20(2)11-10-12-26(18-47)42(54)45-33(34(32)46)38(30)52/h10-17,20-23,27,35-36,39,47,49-52H,18H2,1-9H3,(H,45,54). The highest BCUT2D eigenvalue weighted by Crippen LogP contribution is 2.54. The topological polar surface area (TPSA) is 219 Å². The Balaban J connectivity index is 1.59. The number of rotatable bonds is 3. The number of aliphatic hydroxyl groups is 3. The summed E-state index contributed by atoms with van der Waals surface area (Å²) in [5.74, 6) is -7.59. The second-order valence-corrected chi connectivity index (χ2v) is 15.6. The minimum absolute atomic E-state index is 0.000591. The van der Waals surface area contributed by atoms with Crippen molar-refractivity contribution in [1.82, 2.24) is 9.38 Å². The number of aromatic hydroxyl groups is 2. The fraction of sp³-hybridized carbons (Fsp3) is 0.442. The van der Waals surface area contributed by atoms with Crippen molar-refractivity contribution in [1.29, 1.82) is 0 Å². The molecule has 4 aromatic rings. The van der Waals surface area contributed by atoms with Crippen LogP contribution < -0.4 is 10.1 Å².